The molecule has 1 unspecified atom stereocenters. The van der Waals surface area contributed by atoms with Gasteiger partial charge in [0.25, 0.3) is 11.7 Å². The highest BCUT2D eigenvalue weighted by atomic mass is 35.5. The number of likely N-dealkylation sites (tertiary alicyclic amines) is 1. The van der Waals surface area contributed by atoms with Gasteiger partial charge in [-0.1, -0.05) is 53.0 Å². The van der Waals surface area contributed by atoms with Crippen molar-refractivity contribution in [1.29, 1.82) is 0 Å². The number of carbonyl (C=O) groups is 2. The molecule has 2 heterocycles. The number of ether oxygens (including phenoxy) is 1. The number of halogens is 3. The highest BCUT2D eigenvalue weighted by molar-refractivity contribution is 6.46. The molecule has 33 heavy (non-hydrogen) atoms. The third-order valence-corrected chi connectivity index (χ3v) is 6.02. The second-order valence-electron chi connectivity index (χ2n) is 7.31. The molecule has 0 spiro atoms. The summed E-state index contributed by atoms with van der Waals surface area (Å²) in [5, 5.41) is 12.2. The predicted molar refractivity (Wildman–Crippen MR) is 127 cm³/mol. The summed E-state index contributed by atoms with van der Waals surface area (Å²) in [6.07, 6.45) is 3.22. The number of amides is 1. The van der Waals surface area contributed by atoms with Crippen LogP contribution in [0, 0.1) is 0 Å². The summed E-state index contributed by atoms with van der Waals surface area (Å²) >= 11 is 18.4. The fourth-order valence-electron chi connectivity index (χ4n) is 3.81. The molecule has 0 bridgehead atoms. The van der Waals surface area contributed by atoms with E-state index < -0.39 is 23.5 Å². The Morgan fingerprint density at radius 3 is 2.45 bits per heavy atom. The van der Waals surface area contributed by atoms with Crippen molar-refractivity contribution in [1.82, 2.24) is 9.88 Å². The Bertz CT molecular complexity index is 1260. The van der Waals surface area contributed by atoms with Crippen molar-refractivity contribution in [2.24, 2.45) is 0 Å². The topological polar surface area (TPSA) is 79.7 Å². The van der Waals surface area contributed by atoms with Gasteiger partial charge in [-0.15, -0.1) is 0 Å². The fraction of sp³-hybridized carbons (Fsp3) is 0.125. The highest BCUT2D eigenvalue weighted by Crippen LogP contribution is 2.43. The molecule has 6 nitrogen and oxygen atoms in total. The van der Waals surface area contributed by atoms with Crippen LogP contribution in [-0.2, 0) is 16.1 Å². The van der Waals surface area contributed by atoms with Gasteiger partial charge in [0.15, 0.2) is 0 Å². The quantitative estimate of drug-likeness (QED) is 0.276. The van der Waals surface area contributed by atoms with Gasteiger partial charge in [0.1, 0.15) is 11.5 Å². The van der Waals surface area contributed by atoms with Gasteiger partial charge in [0.05, 0.1) is 29.3 Å². The Morgan fingerprint density at radius 2 is 1.82 bits per heavy atom. The molecule has 3 aromatic rings. The zero-order chi connectivity index (χ0) is 23.7. The van der Waals surface area contributed by atoms with Gasteiger partial charge in [0.2, 0.25) is 0 Å². The number of rotatable bonds is 5. The lowest BCUT2D eigenvalue weighted by Gasteiger charge is -2.25. The number of carbonyl (C=O) groups excluding carboxylic acids is 2. The molecule has 1 fully saturated rings. The monoisotopic (exact) mass is 502 g/mol. The molecule has 2 aromatic carbocycles. The lowest BCUT2D eigenvalue weighted by Crippen LogP contribution is -2.29. The van der Waals surface area contributed by atoms with Crippen LogP contribution in [0.2, 0.25) is 15.1 Å². The van der Waals surface area contributed by atoms with Crippen LogP contribution in [0.3, 0.4) is 0 Å². The number of aromatic nitrogens is 1. The molecule has 1 aromatic heterocycles. The van der Waals surface area contributed by atoms with E-state index in [0.717, 1.165) is 5.56 Å². The molecule has 9 heteroatoms. The lowest BCUT2D eigenvalue weighted by atomic mass is 9.95. The first kappa shape index (κ1) is 23.1. The molecule has 0 saturated carbocycles. The van der Waals surface area contributed by atoms with Gasteiger partial charge in [-0.25, -0.2) is 0 Å². The van der Waals surface area contributed by atoms with Crippen molar-refractivity contribution in [3.63, 3.8) is 0 Å². The Hall–Kier alpha value is -3.06. The van der Waals surface area contributed by atoms with Crippen LogP contribution in [0.4, 0.5) is 0 Å². The number of benzene rings is 2. The van der Waals surface area contributed by atoms with Gasteiger partial charge < -0.3 is 14.7 Å². The van der Waals surface area contributed by atoms with E-state index in [9.17, 15) is 14.7 Å². The van der Waals surface area contributed by atoms with E-state index in [1.54, 1.807) is 48.8 Å². The minimum absolute atomic E-state index is 0.105. The zero-order valence-electron chi connectivity index (χ0n) is 17.3. The smallest absolute Gasteiger partial charge is 0.295 e. The molecular weight excluding hydrogens is 487 g/mol. The summed E-state index contributed by atoms with van der Waals surface area (Å²) in [5.41, 5.74) is 1.31. The first-order valence-electron chi connectivity index (χ1n) is 9.78. The first-order chi connectivity index (χ1) is 15.8. The molecule has 1 saturated heterocycles. The normalized spacial score (nSPS) is 17.5. The maximum atomic E-state index is 13.2. The van der Waals surface area contributed by atoms with Crippen molar-refractivity contribution in [3.05, 3.63) is 98.3 Å². The molecule has 4 rings (SSSR count). The summed E-state index contributed by atoms with van der Waals surface area (Å²) in [4.78, 5) is 31.7. The van der Waals surface area contributed by atoms with Crippen molar-refractivity contribution in [3.8, 4) is 5.75 Å². The minimum atomic E-state index is -0.884. The number of ketones is 1. The van der Waals surface area contributed by atoms with Crippen LogP contribution in [0.5, 0.6) is 5.75 Å². The zero-order valence-corrected chi connectivity index (χ0v) is 19.5. The number of methoxy groups -OCH3 is 1. The Kier molecular flexibility index (Phi) is 6.61. The predicted octanol–water partition coefficient (Wildman–Crippen LogP) is 5.67. The van der Waals surface area contributed by atoms with Crippen LogP contribution >= 0.6 is 34.8 Å². The maximum Gasteiger partial charge on any atom is 0.295 e. The molecule has 1 N–H and O–H groups in total. The lowest BCUT2D eigenvalue weighted by molar-refractivity contribution is -0.140. The second kappa shape index (κ2) is 9.43. The van der Waals surface area contributed by atoms with Gasteiger partial charge in [0, 0.05) is 29.0 Å². The Morgan fingerprint density at radius 1 is 1.09 bits per heavy atom. The highest BCUT2D eigenvalue weighted by Gasteiger charge is 2.46. The minimum Gasteiger partial charge on any atom is -0.507 e. The van der Waals surface area contributed by atoms with Gasteiger partial charge in [-0.05, 0) is 41.5 Å². The van der Waals surface area contributed by atoms with Crippen LogP contribution in [0.1, 0.15) is 22.7 Å². The SMILES string of the molecule is COc1c(Cl)cc(Cl)cc1/C(O)=C1\C(=O)C(=O)N(Cc2cccnc2)C1c1ccc(Cl)cc1. The number of nitrogens with zero attached hydrogens (tertiary/aromatic N) is 2. The number of hydrogen-bond acceptors (Lipinski definition) is 5. The Balaban J connectivity index is 1.93. The third-order valence-electron chi connectivity index (χ3n) is 5.27. The van der Waals surface area contributed by atoms with Crippen LogP contribution in [0.25, 0.3) is 5.76 Å². The standard InChI is InChI=1S/C24H17Cl3N2O4/c1-33-23-17(9-16(26)10-18(23)27)21(30)19-20(14-4-6-15(25)7-5-14)29(24(32)22(19)31)12-13-3-2-8-28-11-13/h2-11,20,30H,12H2,1H3/b21-19+. The molecule has 1 amide bonds. The average Bonchev–Trinajstić information content (AvgIpc) is 3.04. The van der Waals surface area contributed by atoms with Crippen molar-refractivity contribution >= 4 is 52.3 Å². The number of Topliss-reactive ketones (excluding diaryl/α,β-unsaturated/α-hetero) is 1. The summed E-state index contributed by atoms with van der Waals surface area (Å²) in [7, 11) is 1.38. The van der Waals surface area contributed by atoms with Gasteiger partial charge in [-0.3, -0.25) is 14.6 Å². The maximum absolute atomic E-state index is 13.2. The molecule has 0 aliphatic carbocycles. The molecular formula is C24H17Cl3N2O4. The molecule has 0 radical (unpaired) electrons. The van der Waals surface area contributed by atoms with Crippen molar-refractivity contribution in [2.75, 3.05) is 7.11 Å². The second-order valence-corrected chi connectivity index (χ2v) is 8.59. The first-order valence-corrected chi connectivity index (χ1v) is 10.9. The number of pyridine rings is 1. The largest absolute Gasteiger partial charge is 0.507 e. The van der Waals surface area contributed by atoms with Crippen LogP contribution in [0.15, 0.2) is 66.5 Å². The summed E-state index contributed by atoms with van der Waals surface area (Å²) in [6.45, 7) is 0.107. The summed E-state index contributed by atoms with van der Waals surface area (Å²) < 4.78 is 5.33. The fourth-order valence-corrected chi connectivity index (χ4v) is 4.51. The van der Waals surface area contributed by atoms with Crippen LogP contribution < -0.4 is 4.74 Å². The summed E-state index contributed by atoms with van der Waals surface area (Å²) in [6, 6.07) is 12.2. The van der Waals surface area contributed by atoms with E-state index in [-0.39, 0.29) is 33.5 Å². The molecule has 168 valence electrons. The van der Waals surface area contributed by atoms with E-state index in [2.05, 4.69) is 4.98 Å². The number of aliphatic hydroxyl groups excluding tert-OH is 1. The summed E-state index contributed by atoms with van der Waals surface area (Å²) in [5.74, 6) is -1.91. The average molecular weight is 504 g/mol. The van der Waals surface area contributed by atoms with E-state index in [1.807, 2.05) is 0 Å². The molecule has 1 aliphatic heterocycles. The van der Waals surface area contributed by atoms with E-state index in [0.29, 0.717) is 10.6 Å². The van der Waals surface area contributed by atoms with E-state index in [1.165, 1.54) is 24.1 Å². The van der Waals surface area contributed by atoms with Crippen molar-refractivity contribution < 1.29 is 19.4 Å². The number of hydrogen-bond donors (Lipinski definition) is 1. The van der Waals surface area contributed by atoms with Crippen LogP contribution in [-0.4, -0.2) is 33.8 Å². The van der Waals surface area contributed by atoms with E-state index >= 15 is 0 Å². The van der Waals surface area contributed by atoms with Crippen molar-refractivity contribution in [2.45, 2.75) is 12.6 Å². The molecule has 1 atom stereocenters. The van der Waals surface area contributed by atoms with E-state index in [4.69, 9.17) is 39.5 Å². The molecule has 1 aliphatic rings. The number of aliphatic hydroxyl groups is 1. The third kappa shape index (κ3) is 4.42. The Labute approximate surface area is 205 Å². The van der Waals surface area contributed by atoms with Gasteiger partial charge >= 0.3 is 0 Å². The van der Waals surface area contributed by atoms with Gasteiger partial charge in [-0.2, -0.15) is 0 Å².